The zero-order valence-corrected chi connectivity index (χ0v) is 8.49. The fourth-order valence-corrected chi connectivity index (χ4v) is 1.13. The van der Waals surface area contributed by atoms with Crippen LogP contribution in [0.3, 0.4) is 0 Å². The van der Waals surface area contributed by atoms with Crippen molar-refractivity contribution in [3.63, 3.8) is 0 Å². The van der Waals surface area contributed by atoms with Crippen LogP contribution in [0, 0.1) is 6.92 Å². The smallest absolute Gasteiger partial charge is 0.111 e. The molecular weight excluding hydrogens is 176 g/mol. The Hall–Kier alpha value is -1.28. The average molecular weight is 192 g/mol. The van der Waals surface area contributed by atoms with Gasteiger partial charge >= 0.3 is 0 Å². The normalized spacial score (nSPS) is 10.1. The lowest BCUT2D eigenvalue weighted by Gasteiger charge is -2.03. The Labute approximate surface area is 84.8 Å². The van der Waals surface area contributed by atoms with Gasteiger partial charge in [-0.25, -0.2) is 0 Å². The Morgan fingerprint density at radius 2 is 2.00 bits per heavy atom. The predicted octanol–water partition coefficient (Wildman–Crippen LogP) is 2.63. The van der Waals surface area contributed by atoms with Gasteiger partial charge in [0, 0.05) is 0 Å². The van der Waals surface area contributed by atoms with Crippen LogP contribution in [-0.2, 0) is 11.2 Å². The van der Waals surface area contributed by atoms with E-state index in [1.807, 2.05) is 0 Å². The minimum Gasteiger partial charge on any atom is -0.510 e. The summed E-state index contributed by atoms with van der Waals surface area (Å²) in [6.45, 7) is 6.25. The van der Waals surface area contributed by atoms with Crippen LogP contribution < -0.4 is 0 Å². The molecule has 1 aromatic carbocycles. The molecular formula is C12H16O2. The minimum atomic E-state index is 0.0777. The van der Waals surface area contributed by atoms with E-state index in [4.69, 9.17) is 9.84 Å². The molecule has 0 heterocycles. The van der Waals surface area contributed by atoms with Crippen LogP contribution >= 0.6 is 0 Å². The summed E-state index contributed by atoms with van der Waals surface area (Å²) in [5, 5.41) is 8.77. The molecule has 0 unspecified atom stereocenters. The average Bonchev–Trinajstić information content (AvgIpc) is 2.15. The molecule has 2 nitrogen and oxygen atoms in total. The van der Waals surface area contributed by atoms with Gasteiger partial charge in [-0.05, 0) is 18.9 Å². The first-order valence-corrected chi connectivity index (χ1v) is 4.68. The van der Waals surface area contributed by atoms with Gasteiger partial charge in [0.25, 0.3) is 0 Å². The third-order valence-electron chi connectivity index (χ3n) is 1.92. The van der Waals surface area contributed by atoms with Gasteiger partial charge in [-0.2, -0.15) is 0 Å². The van der Waals surface area contributed by atoms with E-state index in [2.05, 4.69) is 37.8 Å². The summed E-state index contributed by atoms with van der Waals surface area (Å²) >= 11 is 0. The molecule has 0 aliphatic carbocycles. The summed E-state index contributed by atoms with van der Waals surface area (Å²) in [6.07, 6.45) is 0.869. The van der Waals surface area contributed by atoms with Gasteiger partial charge in [-0.3, -0.25) is 0 Å². The highest BCUT2D eigenvalue weighted by atomic mass is 16.5. The molecule has 0 amide bonds. The van der Waals surface area contributed by atoms with Crippen LogP contribution in [-0.4, -0.2) is 18.3 Å². The molecule has 0 aliphatic heterocycles. The summed E-state index contributed by atoms with van der Waals surface area (Å²) in [6, 6.07) is 8.35. The van der Waals surface area contributed by atoms with Crippen LogP contribution in [0.5, 0.6) is 0 Å². The lowest BCUT2D eigenvalue weighted by molar-refractivity contribution is 0.131. The van der Waals surface area contributed by atoms with Crippen molar-refractivity contribution in [2.45, 2.75) is 13.3 Å². The van der Waals surface area contributed by atoms with Gasteiger partial charge in [-0.15, -0.1) is 0 Å². The SMILES string of the molecule is C=C(O)COCCc1ccc(C)cc1. The Morgan fingerprint density at radius 1 is 1.36 bits per heavy atom. The summed E-state index contributed by atoms with van der Waals surface area (Å²) in [4.78, 5) is 0. The number of hydrogen-bond acceptors (Lipinski definition) is 2. The van der Waals surface area contributed by atoms with E-state index in [1.165, 1.54) is 11.1 Å². The van der Waals surface area contributed by atoms with E-state index in [9.17, 15) is 0 Å². The first-order valence-electron chi connectivity index (χ1n) is 4.68. The molecule has 0 radical (unpaired) electrons. The Morgan fingerprint density at radius 3 is 2.57 bits per heavy atom. The maximum Gasteiger partial charge on any atom is 0.111 e. The first-order chi connectivity index (χ1) is 6.68. The Balaban J connectivity index is 2.25. The van der Waals surface area contributed by atoms with Crippen molar-refractivity contribution < 1.29 is 9.84 Å². The van der Waals surface area contributed by atoms with Gasteiger partial charge in [-0.1, -0.05) is 36.4 Å². The maximum atomic E-state index is 8.77. The molecule has 0 bridgehead atoms. The third kappa shape index (κ3) is 4.10. The maximum absolute atomic E-state index is 8.77. The molecule has 0 saturated heterocycles. The quantitative estimate of drug-likeness (QED) is 0.574. The molecule has 1 aromatic rings. The number of hydrogen-bond donors (Lipinski definition) is 1. The third-order valence-corrected chi connectivity index (χ3v) is 1.92. The molecule has 0 aliphatic rings. The summed E-state index contributed by atoms with van der Waals surface area (Å²) < 4.78 is 5.18. The van der Waals surface area contributed by atoms with E-state index < -0.39 is 0 Å². The summed E-state index contributed by atoms with van der Waals surface area (Å²) in [5.74, 6) is 0.0777. The van der Waals surface area contributed by atoms with E-state index in [-0.39, 0.29) is 12.4 Å². The summed E-state index contributed by atoms with van der Waals surface area (Å²) in [7, 11) is 0. The topological polar surface area (TPSA) is 29.5 Å². The van der Waals surface area contributed by atoms with E-state index in [1.54, 1.807) is 0 Å². The zero-order chi connectivity index (χ0) is 10.4. The fourth-order valence-electron chi connectivity index (χ4n) is 1.13. The van der Waals surface area contributed by atoms with Gasteiger partial charge in [0.1, 0.15) is 12.4 Å². The van der Waals surface area contributed by atoms with E-state index >= 15 is 0 Å². The Bertz CT molecular complexity index is 288. The largest absolute Gasteiger partial charge is 0.510 e. The van der Waals surface area contributed by atoms with Crippen LogP contribution in [0.1, 0.15) is 11.1 Å². The highest BCUT2D eigenvalue weighted by Crippen LogP contribution is 2.03. The molecule has 1 N–H and O–H groups in total. The van der Waals surface area contributed by atoms with Crippen molar-refractivity contribution in [3.8, 4) is 0 Å². The van der Waals surface area contributed by atoms with E-state index in [0.717, 1.165) is 6.42 Å². The molecule has 14 heavy (non-hydrogen) atoms. The van der Waals surface area contributed by atoms with Crippen molar-refractivity contribution in [3.05, 3.63) is 47.7 Å². The van der Waals surface area contributed by atoms with Crippen LogP contribution in [0.2, 0.25) is 0 Å². The predicted molar refractivity (Wildman–Crippen MR) is 57.5 cm³/mol. The molecule has 0 spiro atoms. The first kappa shape index (κ1) is 10.8. The second-order valence-electron chi connectivity index (χ2n) is 3.35. The van der Waals surface area contributed by atoms with Gasteiger partial charge in [0.2, 0.25) is 0 Å². The van der Waals surface area contributed by atoms with Crippen LogP contribution in [0.15, 0.2) is 36.6 Å². The Kier molecular flexibility index (Phi) is 4.20. The van der Waals surface area contributed by atoms with Gasteiger partial charge in [0.05, 0.1) is 6.61 Å². The standard InChI is InChI=1S/C12H16O2/c1-10-3-5-12(6-4-10)7-8-14-9-11(2)13/h3-6,13H,2,7-9H2,1H3. The van der Waals surface area contributed by atoms with Crippen molar-refractivity contribution in [2.24, 2.45) is 0 Å². The number of rotatable bonds is 5. The monoisotopic (exact) mass is 192 g/mol. The van der Waals surface area contributed by atoms with Gasteiger partial charge in [0.15, 0.2) is 0 Å². The highest BCUT2D eigenvalue weighted by molar-refractivity contribution is 5.21. The number of ether oxygens (including phenoxy) is 1. The van der Waals surface area contributed by atoms with Crippen molar-refractivity contribution in [1.29, 1.82) is 0 Å². The lowest BCUT2D eigenvalue weighted by Crippen LogP contribution is -2.01. The fraction of sp³-hybridized carbons (Fsp3) is 0.333. The lowest BCUT2D eigenvalue weighted by atomic mass is 10.1. The molecule has 0 aromatic heterocycles. The molecule has 1 rings (SSSR count). The van der Waals surface area contributed by atoms with Crippen molar-refractivity contribution in [2.75, 3.05) is 13.2 Å². The second-order valence-corrected chi connectivity index (χ2v) is 3.35. The summed E-state index contributed by atoms with van der Waals surface area (Å²) in [5.41, 5.74) is 2.51. The molecule has 0 fully saturated rings. The van der Waals surface area contributed by atoms with Gasteiger partial charge < -0.3 is 9.84 Å². The number of aryl methyl sites for hydroxylation is 1. The number of aliphatic hydroxyl groups excluding tert-OH is 1. The van der Waals surface area contributed by atoms with Crippen molar-refractivity contribution in [1.82, 2.24) is 0 Å². The second kappa shape index (κ2) is 5.45. The molecule has 0 atom stereocenters. The molecule has 76 valence electrons. The minimum absolute atomic E-state index is 0.0777. The molecule has 0 saturated carbocycles. The van der Waals surface area contributed by atoms with Crippen molar-refractivity contribution >= 4 is 0 Å². The van der Waals surface area contributed by atoms with E-state index in [0.29, 0.717) is 6.61 Å². The zero-order valence-electron chi connectivity index (χ0n) is 8.49. The van der Waals surface area contributed by atoms with Crippen LogP contribution in [0.25, 0.3) is 0 Å². The highest BCUT2D eigenvalue weighted by Gasteiger charge is 1.94. The molecule has 2 heteroatoms. The number of aliphatic hydroxyl groups is 1. The van der Waals surface area contributed by atoms with Crippen LogP contribution in [0.4, 0.5) is 0 Å². The number of benzene rings is 1.